The Hall–Kier alpha value is -3.25. The molecule has 5 rings (SSSR count). The Morgan fingerprint density at radius 2 is 2.08 bits per heavy atom. The number of aromatic amines is 1. The number of fused-ring (bicyclic) bond motifs is 2. The monoisotopic (exact) mass is 358 g/mol. The van der Waals surface area contributed by atoms with Gasteiger partial charge in [0.05, 0.1) is 6.54 Å². The zero-order chi connectivity index (χ0) is 17.5. The van der Waals surface area contributed by atoms with Crippen LogP contribution >= 0.6 is 11.3 Å². The van der Waals surface area contributed by atoms with Gasteiger partial charge in [-0.05, 0) is 46.8 Å². The van der Waals surface area contributed by atoms with E-state index in [1.165, 1.54) is 20.5 Å². The van der Waals surface area contributed by atoms with Crippen LogP contribution in [0.5, 0.6) is 0 Å². The van der Waals surface area contributed by atoms with Crippen molar-refractivity contribution in [3.05, 3.63) is 71.5 Å². The molecule has 1 aliphatic heterocycles. The Balaban J connectivity index is 1.59. The van der Waals surface area contributed by atoms with E-state index in [-0.39, 0.29) is 5.91 Å². The second-order valence-electron chi connectivity index (χ2n) is 6.13. The zero-order valence-electron chi connectivity index (χ0n) is 13.7. The van der Waals surface area contributed by atoms with Crippen LogP contribution in [-0.4, -0.2) is 22.3 Å². The highest BCUT2D eigenvalue weighted by molar-refractivity contribution is 7.22. The fraction of sp³-hybridized carbons (Fsp3) is 0.0500. The van der Waals surface area contributed by atoms with Crippen molar-refractivity contribution in [2.24, 2.45) is 4.99 Å². The minimum absolute atomic E-state index is 0.209. The zero-order valence-corrected chi connectivity index (χ0v) is 14.5. The maximum atomic E-state index is 12.4. The van der Waals surface area contributed by atoms with Gasteiger partial charge in [-0.15, -0.1) is 11.3 Å². The molecular weight excluding hydrogens is 344 g/mol. The standard InChI is InChI=1S/C20H14N4OS/c25-20(17-5-6-22-24-17)23-14-7-13-10-21-11-16(13)15(9-14)19-8-12-3-1-2-4-18(12)26-19/h1-10H,11H2,(H,22,24)(H,23,25). The summed E-state index contributed by atoms with van der Waals surface area (Å²) < 4.78 is 1.25. The molecule has 0 fully saturated rings. The number of aromatic nitrogens is 2. The summed E-state index contributed by atoms with van der Waals surface area (Å²) in [6, 6.07) is 16.2. The predicted octanol–water partition coefficient (Wildman–Crippen LogP) is 4.48. The van der Waals surface area contributed by atoms with Crippen LogP contribution in [0.3, 0.4) is 0 Å². The van der Waals surface area contributed by atoms with Gasteiger partial charge in [-0.3, -0.25) is 14.9 Å². The van der Waals surface area contributed by atoms with Gasteiger partial charge in [0.15, 0.2) is 0 Å². The van der Waals surface area contributed by atoms with Crippen LogP contribution < -0.4 is 5.32 Å². The highest BCUT2D eigenvalue weighted by Crippen LogP contribution is 2.39. The fourth-order valence-electron chi connectivity index (χ4n) is 3.21. The van der Waals surface area contributed by atoms with Gasteiger partial charge in [0.1, 0.15) is 5.69 Å². The minimum Gasteiger partial charge on any atom is -0.321 e. The summed E-state index contributed by atoms with van der Waals surface area (Å²) >= 11 is 1.76. The van der Waals surface area contributed by atoms with Crippen molar-refractivity contribution >= 4 is 39.2 Å². The molecule has 1 aliphatic rings. The van der Waals surface area contributed by atoms with Crippen molar-refractivity contribution in [3.63, 3.8) is 0 Å². The molecule has 0 bridgehead atoms. The van der Waals surface area contributed by atoms with E-state index in [9.17, 15) is 4.79 Å². The number of rotatable bonds is 3. The second kappa shape index (κ2) is 5.93. The van der Waals surface area contributed by atoms with E-state index < -0.39 is 0 Å². The van der Waals surface area contributed by atoms with Gasteiger partial charge in [0, 0.05) is 33.2 Å². The van der Waals surface area contributed by atoms with Crippen LogP contribution in [0.2, 0.25) is 0 Å². The van der Waals surface area contributed by atoms with Crippen LogP contribution in [-0.2, 0) is 6.54 Å². The average Bonchev–Trinajstić information content (AvgIpc) is 3.39. The Morgan fingerprint density at radius 1 is 1.15 bits per heavy atom. The molecule has 4 aromatic rings. The first-order valence-corrected chi connectivity index (χ1v) is 9.06. The lowest BCUT2D eigenvalue weighted by atomic mass is 10.0. The number of nitrogens with one attached hydrogen (secondary N) is 2. The molecule has 0 unspecified atom stereocenters. The number of thiophene rings is 1. The molecule has 126 valence electrons. The van der Waals surface area contributed by atoms with Crippen LogP contribution in [0.4, 0.5) is 5.69 Å². The van der Waals surface area contributed by atoms with Crippen molar-refractivity contribution in [2.75, 3.05) is 5.32 Å². The Labute approximate surface area is 153 Å². The van der Waals surface area contributed by atoms with Crippen molar-refractivity contribution in [1.29, 1.82) is 0 Å². The van der Waals surface area contributed by atoms with E-state index in [1.807, 2.05) is 24.4 Å². The maximum Gasteiger partial charge on any atom is 0.273 e. The number of carbonyl (C=O) groups excluding carboxylic acids is 1. The summed E-state index contributed by atoms with van der Waals surface area (Å²) in [7, 11) is 0. The van der Waals surface area contributed by atoms with Crippen LogP contribution in [0.15, 0.2) is 59.7 Å². The summed E-state index contributed by atoms with van der Waals surface area (Å²) in [5.41, 5.74) is 4.57. The van der Waals surface area contributed by atoms with Gasteiger partial charge in [-0.2, -0.15) is 5.10 Å². The van der Waals surface area contributed by atoms with Gasteiger partial charge in [-0.1, -0.05) is 18.2 Å². The first kappa shape index (κ1) is 15.0. The lowest BCUT2D eigenvalue weighted by Crippen LogP contribution is -2.13. The molecule has 26 heavy (non-hydrogen) atoms. The largest absolute Gasteiger partial charge is 0.321 e. The van der Waals surface area contributed by atoms with Gasteiger partial charge in [0.2, 0.25) is 0 Å². The number of H-pyrrole nitrogens is 1. The molecule has 0 spiro atoms. The lowest BCUT2D eigenvalue weighted by molar-refractivity contribution is 0.102. The fourth-order valence-corrected chi connectivity index (χ4v) is 4.32. The number of anilines is 1. The van der Waals surface area contributed by atoms with Gasteiger partial charge in [-0.25, -0.2) is 0 Å². The van der Waals surface area contributed by atoms with Crippen molar-refractivity contribution in [3.8, 4) is 10.4 Å². The van der Waals surface area contributed by atoms with Crippen LogP contribution in [0.1, 0.15) is 21.6 Å². The molecule has 0 radical (unpaired) electrons. The molecule has 5 nitrogen and oxygen atoms in total. The molecule has 2 N–H and O–H groups in total. The Morgan fingerprint density at radius 3 is 2.92 bits per heavy atom. The summed E-state index contributed by atoms with van der Waals surface area (Å²) in [6.45, 7) is 0.674. The predicted molar refractivity (Wildman–Crippen MR) is 105 cm³/mol. The number of hydrogen-bond acceptors (Lipinski definition) is 4. The molecule has 0 saturated heterocycles. The molecule has 6 heteroatoms. The molecule has 1 amide bonds. The van der Waals surface area contributed by atoms with E-state index in [1.54, 1.807) is 23.6 Å². The van der Waals surface area contributed by atoms with Gasteiger partial charge >= 0.3 is 0 Å². The molecule has 0 aliphatic carbocycles. The quantitative estimate of drug-likeness (QED) is 0.567. The Bertz CT molecular complexity index is 1120. The number of carbonyl (C=O) groups is 1. The average molecular weight is 358 g/mol. The summed E-state index contributed by atoms with van der Waals surface area (Å²) in [4.78, 5) is 17.9. The minimum atomic E-state index is -0.209. The lowest BCUT2D eigenvalue weighted by Gasteiger charge is -2.11. The molecule has 2 aromatic heterocycles. The van der Waals surface area contributed by atoms with E-state index in [0.717, 1.165) is 16.8 Å². The van der Waals surface area contributed by atoms with Gasteiger partial charge < -0.3 is 5.32 Å². The summed E-state index contributed by atoms with van der Waals surface area (Å²) in [5.74, 6) is -0.209. The van der Waals surface area contributed by atoms with E-state index >= 15 is 0 Å². The Kier molecular flexibility index (Phi) is 3.43. The van der Waals surface area contributed by atoms with E-state index in [0.29, 0.717) is 12.2 Å². The number of amides is 1. The van der Waals surface area contributed by atoms with Crippen molar-refractivity contribution in [2.45, 2.75) is 6.54 Å². The van der Waals surface area contributed by atoms with Crippen molar-refractivity contribution in [1.82, 2.24) is 10.2 Å². The summed E-state index contributed by atoms with van der Waals surface area (Å²) in [6.07, 6.45) is 3.44. The molecule has 0 saturated carbocycles. The third-order valence-electron chi connectivity index (χ3n) is 4.46. The van der Waals surface area contributed by atoms with Crippen LogP contribution in [0, 0.1) is 0 Å². The topological polar surface area (TPSA) is 70.1 Å². The number of hydrogen-bond donors (Lipinski definition) is 2. The van der Waals surface area contributed by atoms with Gasteiger partial charge in [0.25, 0.3) is 5.91 Å². The molecular formula is C20H14N4OS. The van der Waals surface area contributed by atoms with Crippen LogP contribution in [0.25, 0.3) is 20.5 Å². The highest BCUT2D eigenvalue weighted by Gasteiger charge is 2.18. The van der Waals surface area contributed by atoms with E-state index in [4.69, 9.17) is 0 Å². The van der Waals surface area contributed by atoms with Crippen molar-refractivity contribution < 1.29 is 4.79 Å². The third-order valence-corrected chi connectivity index (χ3v) is 5.61. The first-order valence-electron chi connectivity index (χ1n) is 8.24. The first-order chi connectivity index (χ1) is 12.8. The highest BCUT2D eigenvalue weighted by atomic mass is 32.1. The molecule has 0 atom stereocenters. The summed E-state index contributed by atoms with van der Waals surface area (Å²) in [5, 5.41) is 10.7. The third kappa shape index (κ3) is 2.51. The molecule has 3 heterocycles. The number of nitrogens with zero attached hydrogens (tertiary/aromatic N) is 2. The number of benzene rings is 2. The SMILES string of the molecule is O=C(Nc1cc2c(c(-c3cc4ccccc4s3)c1)CN=C2)c1ccn[nH]1. The smallest absolute Gasteiger partial charge is 0.273 e. The number of aliphatic imine (C=N–C) groups is 1. The maximum absolute atomic E-state index is 12.4. The normalized spacial score (nSPS) is 12.5. The second-order valence-corrected chi connectivity index (χ2v) is 7.22. The van der Waals surface area contributed by atoms with E-state index in [2.05, 4.69) is 44.8 Å². The molecule has 2 aromatic carbocycles.